The van der Waals surface area contributed by atoms with Crippen molar-refractivity contribution in [2.24, 2.45) is 11.8 Å². The summed E-state index contributed by atoms with van der Waals surface area (Å²) in [4.78, 5) is 14.2. The molecule has 2 heterocycles. The van der Waals surface area contributed by atoms with E-state index in [1.807, 2.05) is 11.8 Å². The molecular weight excluding hydrogens is 218 g/mol. The molecule has 1 amide bonds. The molecule has 0 aromatic carbocycles. The number of thioether (sulfide) groups is 1. The van der Waals surface area contributed by atoms with Gasteiger partial charge in [-0.2, -0.15) is 11.8 Å². The molecule has 2 saturated heterocycles. The summed E-state index contributed by atoms with van der Waals surface area (Å²) in [6, 6.07) is 0. The van der Waals surface area contributed by atoms with Crippen LogP contribution in [0, 0.1) is 11.8 Å². The van der Waals surface area contributed by atoms with Crippen LogP contribution in [-0.2, 0) is 4.79 Å². The summed E-state index contributed by atoms with van der Waals surface area (Å²) in [7, 11) is 0. The van der Waals surface area contributed by atoms with E-state index in [1.54, 1.807) is 0 Å². The maximum atomic E-state index is 12.1. The van der Waals surface area contributed by atoms with Crippen LogP contribution in [-0.4, -0.2) is 35.4 Å². The van der Waals surface area contributed by atoms with Gasteiger partial charge in [0.15, 0.2) is 0 Å². The smallest absolute Gasteiger partial charge is 0.222 e. The minimum absolute atomic E-state index is 0.416. The molecule has 16 heavy (non-hydrogen) atoms. The third-order valence-electron chi connectivity index (χ3n) is 3.73. The van der Waals surface area contributed by atoms with Crippen LogP contribution in [0.15, 0.2) is 0 Å². The molecule has 0 bridgehead atoms. The molecule has 0 aliphatic carbocycles. The molecule has 2 nitrogen and oxygen atoms in total. The first-order valence-corrected chi connectivity index (χ1v) is 7.76. The molecule has 2 atom stereocenters. The van der Waals surface area contributed by atoms with Gasteiger partial charge in [-0.1, -0.05) is 6.92 Å². The van der Waals surface area contributed by atoms with E-state index in [2.05, 4.69) is 11.8 Å². The monoisotopic (exact) mass is 241 g/mol. The normalized spacial score (nSPS) is 31.4. The highest BCUT2D eigenvalue weighted by atomic mass is 32.2. The number of piperidine rings is 1. The predicted octanol–water partition coefficient (Wildman–Crippen LogP) is 2.78. The van der Waals surface area contributed by atoms with Crippen molar-refractivity contribution >= 4 is 17.7 Å². The zero-order valence-electron chi connectivity index (χ0n) is 10.3. The Hall–Kier alpha value is -0.180. The number of amides is 1. The van der Waals surface area contributed by atoms with Gasteiger partial charge in [0.05, 0.1) is 0 Å². The lowest BCUT2D eigenvalue weighted by atomic mass is 9.97. The number of likely N-dealkylation sites (tertiary alicyclic amines) is 1. The minimum Gasteiger partial charge on any atom is -0.342 e. The van der Waals surface area contributed by atoms with Gasteiger partial charge in [-0.05, 0) is 49.0 Å². The first-order valence-electron chi connectivity index (χ1n) is 6.61. The van der Waals surface area contributed by atoms with Crippen molar-refractivity contribution in [3.05, 3.63) is 0 Å². The average Bonchev–Trinajstić information content (AvgIpc) is 2.30. The van der Waals surface area contributed by atoms with Crippen LogP contribution in [0.1, 0.15) is 39.0 Å². The topological polar surface area (TPSA) is 20.3 Å². The molecule has 2 aliphatic rings. The molecule has 2 rings (SSSR count). The number of rotatable bonds is 2. The van der Waals surface area contributed by atoms with E-state index < -0.39 is 0 Å². The second kappa shape index (κ2) is 5.95. The number of nitrogens with zero attached hydrogens (tertiary/aromatic N) is 1. The van der Waals surface area contributed by atoms with E-state index >= 15 is 0 Å². The quantitative estimate of drug-likeness (QED) is 0.741. The number of carbonyl (C=O) groups is 1. The molecule has 0 saturated carbocycles. The van der Waals surface area contributed by atoms with Crippen molar-refractivity contribution in [1.29, 1.82) is 0 Å². The molecule has 0 aromatic rings. The van der Waals surface area contributed by atoms with Crippen LogP contribution in [0.4, 0.5) is 0 Å². The molecule has 0 spiro atoms. The van der Waals surface area contributed by atoms with Crippen LogP contribution in [0.5, 0.6) is 0 Å². The van der Waals surface area contributed by atoms with E-state index in [0.29, 0.717) is 17.7 Å². The van der Waals surface area contributed by atoms with Crippen LogP contribution in [0.3, 0.4) is 0 Å². The molecule has 0 aromatic heterocycles. The molecule has 92 valence electrons. The van der Waals surface area contributed by atoms with Crippen molar-refractivity contribution in [1.82, 2.24) is 4.90 Å². The van der Waals surface area contributed by atoms with Crippen molar-refractivity contribution in [2.45, 2.75) is 39.0 Å². The fourth-order valence-electron chi connectivity index (χ4n) is 2.76. The van der Waals surface area contributed by atoms with Crippen molar-refractivity contribution in [2.75, 3.05) is 24.6 Å². The summed E-state index contributed by atoms with van der Waals surface area (Å²) in [5.41, 5.74) is 0. The summed E-state index contributed by atoms with van der Waals surface area (Å²) in [6.07, 6.45) is 5.87. The van der Waals surface area contributed by atoms with E-state index in [4.69, 9.17) is 0 Å². The Balaban J connectivity index is 1.77. The number of hydrogen-bond donors (Lipinski definition) is 0. The zero-order chi connectivity index (χ0) is 11.4. The first-order chi connectivity index (χ1) is 7.75. The Morgan fingerprint density at radius 3 is 2.94 bits per heavy atom. The maximum absolute atomic E-state index is 12.1. The summed E-state index contributed by atoms with van der Waals surface area (Å²) in [5.74, 6) is 4.28. The van der Waals surface area contributed by atoms with Gasteiger partial charge < -0.3 is 4.90 Å². The number of carbonyl (C=O) groups excluding carboxylic acids is 1. The molecule has 2 aliphatic heterocycles. The summed E-state index contributed by atoms with van der Waals surface area (Å²) < 4.78 is 0. The molecule has 2 fully saturated rings. The van der Waals surface area contributed by atoms with E-state index in [0.717, 1.165) is 19.5 Å². The van der Waals surface area contributed by atoms with Crippen molar-refractivity contribution in [3.63, 3.8) is 0 Å². The Labute approximate surface area is 103 Å². The van der Waals surface area contributed by atoms with Crippen LogP contribution in [0.2, 0.25) is 0 Å². The lowest BCUT2D eigenvalue weighted by Crippen LogP contribution is -2.40. The minimum atomic E-state index is 0.416. The maximum Gasteiger partial charge on any atom is 0.222 e. The fourth-order valence-corrected chi connectivity index (χ4v) is 3.92. The Bertz CT molecular complexity index is 238. The van der Waals surface area contributed by atoms with Gasteiger partial charge in [0.25, 0.3) is 0 Å². The molecule has 2 unspecified atom stereocenters. The van der Waals surface area contributed by atoms with Gasteiger partial charge in [0.1, 0.15) is 0 Å². The van der Waals surface area contributed by atoms with E-state index in [9.17, 15) is 4.79 Å². The predicted molar refractivity (Wildman–Crippen MR) is 69.6 cm³/mol. The van der Waals surface area contributed by atoms with Gasteiger partial charge >= 0.3 is 0 Å². The summed E-state index contributed by atoms with van der Waals surface area (Å²) >= 11 is 2.02. The lowest BCUT2D eigenvalue weighted by molar-refractivity contribution is -0.133. The fraction of sp³-hybridized carbons (Fsp3) is 0.923. The van der Waals surface area contributed by atoms with Crippen LogP contribution < -0.4 is 0 Å². The van der Waals surface area contributed by atoms with Crippen LogP contribution >= 0.6 is 11.8 Å². The Morgan fingerprint density at radius 1 is 1.38 bits per heavy atom. The highest BCUT2D eigenvalue weighted by Gasteiger charge is 2.24. The van der Waals surface area contributed by atoms with Gasteiger partial charge in [-0.3, -0.25) is 4.79 Å². The second-order valence-electron chi connectivity index (χ2n) is 5.37. The average molecular weight is 241 g/mol. The molecule has 3 heteroatoms. The highest BCUT2D eigenvalue weighted by molar-refractivity contribution is 7.99. The van der Waals surface area contributed by atoms with Crippen molar-refractivity contribution in [3.8, 4) is 0 Å². The molecular formula is C13H23NOS. The van der Waals surface area contributed by atoms with Gasteiger partial charge in [-0.15, -0.1) is 0 Å². The molecule has 0 radical (unpaired) electrons. The van der Waals surface area contributed by atoms with Crippen LogP contribution in [0.25, 0.3) is 0 Å². The van der Waals surface area contributed by atoms with Gasteiger partial charge in [-0.25, -0.2) is 0 Å². The standard InChI is InChI=1S/C13H23NOS/c1-11-4-2-6-14(9-11)13(15)8-12-5-3-7-16-10-12/h11-12H,2-10H2,1H3. The largest absolute Gasteiger partial charge is 0.342 e. The SMILES string of the molecule is CC1CCCN(C(=O)CC2CCCSC2)C1. The molecule has 0 N–H and O–H groups in total. The zero-order valence-corrected chi connectivity index (χ0v) is 11.1. The Kier molecular flexibility index (Phi) is 4.56. The lowest BCUT2D eigenvalue weighted by Gasteiger charge is -2.32. The number of hydrogen-bond acceptors (Lipinski definition) is 2. The van der Waals surface area contributed by atoms with Crippen molar-refractivity contribution < 1.29 is 4.79 Å². The van der Waals surface area contributed by atoms with E-state index in [-0.39, 0.29) is 0 Å². The van der Waals surface area contributed by atoms with Gasteiger partial charge in [0.2, 0.25) is 5.91 Å². The Morgan fingerprint density at radius 2 is 2.25 bits per heavy atom. The highest BCUT2D eigenvalue weighted by Crippen LogP contribution is 2.26. The summed E-state index contributed by atoms with van der Waals surface area (Å²) in [6.45, 7) is 4.26. The summed E-state index contributed by atoms with van der Waals surface area (Å²) in [5, 5.41) is 0. The third kappa shape index (κ3) is 3.41. The van der Waals surface area contributed by atoms with Gasteiger partial charge in [0, 0.05) is 19.5 Å². The van der Waals surface area contributed by atoms with E-state index in [1.165, 1.54) is 37.2 Å². The third-order valence-corrected chi connectivity index (χ3v) is 5.01. The first kappa shape index (κ1) is 12.3. The second-order valence-corrected chi connectivity index (χ2v) is 6.52.